The topological polar surface area (TPSA) is 79.0 Å². The molecule has 0 atom stereocenters. The Balaban J connectivity index is 1.22. The van der Waals surface area contributed by atoms with Gasteiger partial charge in [0.15, 0.2) is 10.3 Å². The van der Waals surface area contributed by atoms with Crippen molar-refractivity contribution in [3.8, 4) is 45.0 Å². The molecular formula is C38H37N5OS2. The van der Waals surface area contributed by atoms with E-state index in [1.165, 1.54) is 0 Å². The van der Waals surface area contributed by atoms with Gasteiger partial charge in [-0.15, -0.1) is 0 Å². The van der Waals surface area contributed by atoms with Crippen molar-refractivity contribution in [1.29, 1.82) is 0 Å². The van der Waals surface area contributed by atoms with Gasteiger partial charge in [0.25, 0.3) is 0 Å². The minimum absolute atomic E-state index is 0.612. The SMILES string of the molecule is CCCCCON=C(CSc1nc(-c2ccccc2)c(-c2ccccc2)[nH]1)CSc1nc(-c2ccccc2)c(-c2ccccc2)[nH]1. The van der Waals surface area contributed by atoms with Gasteiger partial charge in [0.1, 0.15) is 6.61 Å². The lowest BCUT2D eigenvalue weighted by Gasteiger charge is -2.05. The number of oxime groups is 1. The molecule has 0 aliphatic rings. The molecule has 0 saturated heterocycles. The fourth-order valence-electron chi connectivity index (χ4n) is 5.03. The van der Waals surface area contributed by atoms with Crippen LogP contribution in [0.5, 0.6) is 0 Å². The number of imidazole rings is 2. The Labute approximate surface area is 279 Å². The lowest BCUT2D eigenvalue weighted by atomic mass is 10.1. The van der Waals surface area contributed by atoms with Gasteiger partial charge in [0.05, 0.1) is 28.5 Å². The molecule has 2 heterocycles. The third-order valence-corrected chi connectivity index (χ3v) is 9.26. The number of aromatic nitrogens is 4. The van der Waals surface area contributed by atoms with E-state index in [-0.39, 0.29) is 0 Å². The summed E-state index contributed by atoms with van der Waals surface area (Å²) in [7, 11) is 0. The minimum Gasteiger partial charge on any atom is -0.396 e. The number of thioether (sulfide) groups is 2. The van der Waals surface area contributed by atoms with E-state index < -0.39 is 0 Å². The molecule has 0 fully saturated rings. The van der Waals surface area contributed by atoms with Gasteiger partial charge in [-0.25, -0.2) is 9.97 Å². The molecule has 2 N–H and O–H groups in total. The average molecular weight is 644 g/mol. The van der Waals surface area contributed by atoms with Crippen molar-refractivity contribution in [3.05, 3.63) is 121 Å². The Morgan fingerprint density at radius 1 is 0.587 bits per heavy atom. The molecule has 0 saturated carbocycles. The second-order valence-electron chi connectivity index (χ2n) is 10.8. The maximum Gasteiger partial charge on any atom is 0.166 e. The Kier molecular flexibility index (Phi) is 11.0. The number of nitrogens with zero attached hydrogens (tertiary/aromatic N) is 3. The van der Waals surface area contributed by atoms with E-state index in [1.807, 2.05) is 48.5 Å². The monoisotopic (exact) mass is 643 g/mol. The van der Waals surface area contributed by atoms with Crippen molar-refractivity contribution in [3.63, 3.8) is 0 Å². The molecule has 0 unspecified atom stereocenters. The van der Waals surface area contributed by atoms with E-state index in [2.05, 4.69) is 94.8 Å². The summed E-state index contributed by atoms with van der Waals surface area (Å²) in [6.07, 6.45) is 3.26. The van der Waals surface area contributed by atoms with Gasteiger partial charge < -0.3 is 14.8 Å². The van der Waals surface area contributed by atoms with Crippen LogP contribution in [0.4, 0.5) is 0 Å². The molecule has 0 spiro atoms. The zero-order valence-electron chi connectivity index (χ0n) is 25.9. The zero-order chi connectivity index (χ0) is 31.4. The number of unbranched alkanes of at least 4 members (excludes halogenated alkanes) is 2. The van der Waals surface area contributed by atoms with Crippen molar-refractivity contribution in [2.75, 3.05) is 18.1 Å². The van der Waals surface area contributed by atoms with Crippen LogP contribution in [0.15, 0.2) is 137 Å². The van der Waals surface area contributed by atoms with Crippen LogP contribution in [-0.2, 0) is 4.84 Å². The predicted molar refractivity (Wildman–Crippen MR) is 193 cm³/mol. The third-order valence-electron chi connectivity index (χ3n) is 7.37. The van der Waals surface area contributed by atoms with E-state index in [0.717, 1.165) is 80.3 Å². The molecule has 6 aromatic rings. The Morgan fingerprint density at radius 2 is 1.00 bits per heavy atom. The fourth-order valence-corrected chi connectivity index (χ4v) is 6.73. The normalized spacial score (nSPS) is 11.0. The van der Waals surface area contributed by atoms with Gasteiger partial charge in [0.2, 0.25) is 0 Å². The van der Waals surface area contributed by atoms with Crippen LogP contribution in [0.2, 0.25) is 0 Å². The molecule has 0 bridgehead atoms. The lowest BCUT2D eigenvalue weighted by molar-refractivity contribution is 0.140. The number of hydrogen-bond donors (Lipinski definition) is 2. The first-order valence-electron chi connectivity index (χ1n) is 15.6. The lowest BCUT2D eigenvalue weighted by Crippen LogP contribution is -2.08. The highest BCUT2D eigenvalue weighted by Gasteiger charge is 2.17. The first-order chi connectivity index (χ1) is 22.8. The first-order valence-corrected chi connectivity index (χ1v) is 17.6. The van der Waals surface area contributed by atoms with E-state index in [9.17, 15) is 0 Å². The highest BCUT2D eigenvalue weighted by molar-refractivity contribution is 8.01. The summed E-state index contributed by atoms with van der Waals surface area (Å²) < 4.78 is 0. The molecule has 6 nitrogen and oxygen atoms in total. The average Bonchev–Trinajstić information content (AvgIpc) is 3.76. The molecule has 0 radical (unpaired) electrons. The summed E-state index contributed by atoms with van der Waals surface area (Å²) >= 11 is 3.27. The standard InChI is InChI=1S/C38H37N5OS2/c1-2-3-16-25-44-43-32(26-45-37-39-33(28-17-8-4-9-18-28)34(40-37)29-19-10-5-11-20-29)27-46-38-41-35(30-21-12-6-13-22-30)36(42-38)31-23-14-7-15-24-31/h4-15,17-24H,2-3,16,25-27H2,1H3,(H,39,40)(H,41,42). The van der Waals surface area contributed by atoms with Gasteiger partial charge in [-0.05, 0) is 6.42 Å². The van der Waals surface area contributed by atoms with Gasteiger partial charge >= 0.3 is 0 Å². The van der Waals surface area contributed by atoms with E-state index in [1.54, 1.807) is 23.5 Å². The van der Waals surface area contributed by atoms with Crippen molar-refractivity contribution in [2.24, 2.45) is 5.16 Å². The van der Waals surface area contributed by atoms with E-state index in [4.69, 9.17) is 14.8 Å². The smallest absolute Gasteiger partial charge is 0.166 e. The van der Waals surface area contributed by atoms with Crippen molar-refractivity contribution in [1.82, 2.24) is 19.9 Å². The predicted octanol–water partition coefficient (Wildman–Crippen LogP) is 10.2. The fraction of sp³-hybridized carbons (Fsp3) is 0.184. The largest absolute Gasteiger partial charge is 0.396 e. The third kappa shape index (κ3) is 8.19. The van der Waals surface area contributed by atoms with Crippen molar-refractivity contribution in [2.45, 2.75) is 36.5 Å². The summed E-state index contributed by atoms with van der Waals surface area (Å²) in [5, 5.41) is 6.30. The number of benzene rings is 4. The summed E-state index contributed by atoms with van der Waals surface area (Å²) in [6, 6.07) is 41.3. The highest BCUT2D eigenvalue weighted by Crippen LogP contribution is 2.34. The number of rotatable bonds is 15. The van der Waals surface area contributed by atoms with E-state index in [0.29, 0.717) is 18.1 Å². The second kappa shape index (κ2) is 16.2. The molecule has 2 aromatic heterocycles. The van der Waals surface area contributed by atoms with Crippen LogP contribution in [-0.4, -0.2) is 43.8 Å². The second-order valence-corrected chi connectivity index (χ2v) is 12.7. The number of H-pyrrole nitrogens is 2. The van der Waals surface area contributed by atoms with Gasteiger partial charge in [-0.3, -0.25) is 0 Å². The number of nitrogens with one attached hydrogen (secondary N) is 2. The molecule has 6 rings (SSSR count). The maximum atomic E-state index is 5.81. The summed E-state index contributed by atoms with van der Waals surface area (Å²) in [5.74, 6) is 1.27. The molecule has 4 aromatic carbocycles. The maximum absolute atomic E-state index is 5.81. The molecule has 0 amide bonds. The van der Waals surface area contributed by atoms with Crippen LogP contribution >= 0.6 is 23.5 Å². The van der Waals surface area contributed by atoms with Crippen molar-refractivity contribution >= 4 is 29.2 Å². The van der Waals surface area contributed by atoms with Crippen LogP contribution < -0.4 is 0 Å². The quantitative estimate of drug-likeness (QED) is 0.0504. The summed E-state index contributed by atoms with van der Waals surface area (Å²) in [4.78, 5) is 23.1. The van der Waals surface area contributed by atoms with Gasteiger partial charge in [-0.1, -0.05) is 170 Å². The minimum atomic E-state index is 0.612. The number of aromatic amines is 2. The molecule has 0 aliphatic carbocycles. The molecule has 0 aliphatic heterocycles. The Bertz CT molecular complexity index is 1580. The Hall–Kier alpha value is -4.53. The first kappa shape index (κ1) is 31.5. The van der Waals surface area contributed by atoms with Crippen LogP contribution in [0, 0.1) is 0 Å². The van der Waals surface area contributed by atoms with Crippen molar-refractivity contribution < 1.29 is 4.84 Å². The number of hydrogen-bond acceptors (Lipinski definition) is 6. The summed E-state index contributed by atoms with van der Waals surface area (Å²) in [6.45, 7) is 2.80. The zero-order valence-corrected chi connectivity index (χ0v) is 27.5. The molecule has 46 heavy (non-hydrogen) atoms. The van der Waals surface area contributed by atoms with E-state index >= 15 is 0 Å². The van der Waals surface area contributed by atoms with Gasteiger partial charge in [0, 0.05) is 33.8 Å². The molecule has 232 valence electrons. The summed E-state index contributed by atoms with van der Waals surface area (Å²) in [5.41, 5.74) is 9.20. The van der Waals surface area contributed by atoms with Crippen LogP contribution in [0.1, 0.15) is 26.2 Å². The van der Waals surface area contributed by atoms with Crippen LogP contribution in [0.3, 0.4) is 0 Å². The Morgan fingerprint density at radius 3 is 1.41 bits per heavy atom. The van der Waals surface area contributed by atoms with Crippen LogP contribution in [0.25, 0.3) is 45.0 Å². The highest BCUT2D eigenvalue weighted by atomic mass is 32.2. The van der Waals surface area contributed by atoms with Gasteiger partial charge in [-0.2, -0.15) is 0 Å². The molecular weight excluding hydrogens is 607 g/mol. The molecule has 8 heteroatoms.